The van der Waals surface area contributed by atoms with Crippen LogP contribution in [0.2, 0.25) is 0 Å². The van der Waals surface area contributed by atoms with E-state index in [1.54, 1.807) is 0 Å². The van der Waals surface area contributed by atoms with Gasteiger partial charge in [-0.15, -0.1) is 0 Å². The van der Waals surface area contributed by atoms with Gasteiger partial charge in [0.25, 0.3) is 0 Å². The lowest BCUT2D eigenvalue weighted by atomic mass is 9.82. The van der Waals surface area contributed by atoms with Gasteiger partial charge in [0, 0.05) is 26.2 Å². The first-order valence-electron chi connectivity index (χ1n) is 6.91. The number of nitrogens with zero attached hydrogens (tertiary/aromatic N) is 1. The van der Waals surface area contributed by atoms with Gasteiger partial charge >= 0.3 is 0 Å². The van der Waals surface area contributed by atoms with Crippen molar-refractivity contribution in [3.63, 3.8) is 0 Å². The fourth-order valence-corrected chi connectivity index (χ4v) is 3.09. The second-order valence-corrected chi connectivity index (χ2v) is 5.74. The number of carbonyl (C=O) groups excluding carboxylic acids is 1. The summed E-state index contributed by atoms with van der Waals surface area (Å²) in [6, 6.07) is -0.0944. The third-order valence-corrected chi connectivity index (χ3v) is 4.31. The molecule has 4 heteroatoms. The zero-order chi connectivity index (χ0) is 12.3. The van der Waals surface area contributed by atoms with Crippen LogP contribution in [0.1, 0.15) is 32.6 Å². The maximum Gasteiger partial charge on any atom is 0.236 e. The summed E-state index contributed by atoms with van der Waals surface area (Å²) in [6.07, 6.45) is 5.32. The molecule has 1 amide bonds. The van der Waals surface area contributed by atoms with E-state index in [4.69, 9.17) is 5.73 Å². The van der Waals surface area contributed by atoms with E-state index >= 15 is 0 Å². The van der Waals surface area contributed by atoms with Crippen molar-refractivity contribution in [1.29, 1.82) is 0 Å². The zero-order valence-electron chi connectivity index (χ0n) is 10.8. The molecule has 0 aromatic heterocycles. The maximum absolute atomic E-state index is 11.4. The molecule has 2 aliphatic rings. The molecule has 3 N–H and O–H groups in total. The van der Waals surface area contributed by atoms with Crippen molar-refractivity contribution in [2.24, 2.45) is 17.6 Å². The van der Waals surface area contributed by atoms with Gasteiger partial charge in [-0.2, -0.15) is 0 Å². The van der Waals surface area contributed by atoms with E-state index < -0.39 is 0 Å². The Labute approximate surface area is 104 Å². The first-order valence-corrected chi connectivity index (χ1v) is 6.91. The van der Waals surface area contributed by atoms with E-state index in [-0.39, 0.29) is 11.9 Å². The summed E-state index contributed by atoms with van der Waals surface area (Å²) in [6.45, 7) is 6.06. The number of primary amides is 1. The van der Waals surface area contributed by atoms with Crippen LogP contribution in [0, 0.1) is 11.8 Å². The standard InChI is InChI=1S/C13H25N3O/c1-10-2-4-11(5-3-10)9-16-7-6-15-8-12(16)13(14)17/h10-12,15H,2-9H2,1H3,(H2,14,17). The van der Waals surface area contributed by atoms with Crippen LogP contribution in [0.5, 0.6) is 0 Å². The van der Waals surface area contributed by atoms with Crippen molar-refractivity contribution >= 4 is 5.91 Å². The predicted molar refractivity (Wildman–Crippen MR) is 68.5 cm³/mol. The Hall–Kier alpha value is -0.610. The van der Waals surface area contributed by atoms with Crippen molar-refractivity contribution in [2.45, 2.75) is 38.6 Å². The number of hydrogen-bond acceptors (Lipinski definition) is 3. The number of hydrogen-bond donors (Lipinski definition) is 2. The first kappa shape index (κ1) is 12.8. The van der Waals surface area contributed by atoms with Crippen LogP contribution in [0.25, 0.3) is 0 Å². The van der Waals surface area contributed by atoms with Crippen LogP contribution in [-0.2, 0) is 4.79 Å². The van der Waals surface area contributed by atoms with E-state index in [1.165, 1.54) is 25.7 Å². The Balaban J connectivity index is 1.85. The molecular formula is C13H25N3O. The maximum atomic E-state index is 11.4. The fourth-order valence-electron chi connectivity index (χ4n) is 3.09. The molecule has 0 bridgehead atoms. The summed E-state index contributed by atoms with van der Waals surface area (Å²) in [5.41, 5.74) is 5.46. The molecule has 1 atom stereocenters. The molecule has 2 rings (SSSR count). The van der Waals surface area contributed by atoms with Gasteiger partial charge in [0.05, 0.1) is 0 Å². The molecule has 4 nitrogen and oxygen atoms in total. The van der Waals surface area contributed by atoms with Gasteiger partial charge in [0.1, 0.15) is 6.04 Å². The molecule has 0 aromatic carbocycles. The van der Waals surface area contributed by atoms with Crippen molar-refractivity contribution in [3.05, 3.63) is 0 Å². The SMILES string of the molecule is CC1CCC(CN2CCNCC2C(N)=O)CC1. The highest BCUT2D eigenvalue weighted by Gasteiger charge is 2.29. The summed E-state index contributed by atoms with van der Waals surface area (Å²) in [4.78, 5) is 13.7. The van der Waals surface area contributed by atoms with Crippen molar-refractivity contribution in [2.75, 3.05) is 26.2 Å². The minimum atomic E-state index is -0.179. The highest BCUT2D eigenvalue weighted by Crippen LogP contribution is 2.29. The number of carbonyl (C=O) groups is 1. The van der Waals surface area contributed by atoms with Gasteiger partial charge in [0.15, 0.2) is 0 Å². The molecule has 1 unspecified atom stereocenters. The van der Waals surface area contributed by atoms with E-state index in [2.05, 4.69) is 17.1 Å². The molecule has 1 saturated carbocycles. The van der Waals surface area contributed by atoms with Gasteiger partial charge in [-0.3, -0.25) is 9.69 Å². The predicted octanol–water partition coefficient (Wildman–Crippen LogP) is 0.572. The molecule has 1 aliphatic heterocycles. The highest BCUT2D eigenvalue weighted by molar-refractivity contribution is 5.80. The molecule has 17 heavy (non-hydrogen) atoms. The van der Waals surface area contributed by atoms with Crippen molar-refractivity contribution in [3.8, 4) is 0 Å². The van der Waals surface area contributed by atoms with E-state index in [1.807, 2.05) is 0 Å². The van der Waals surface area contributed by atoms with Crippen LogP contribution in [0.4, 0.5) is 0 Å². The quantitative estimate of drug-likeness (QED) is 0.757. The lowest BCUT2D eigenvalue weighted by Gasteiger charge is -2.38. The van der Waals surface area contributed by atoms with Crippen LogP contribution >= 0.6 is 0 Å². The molecule has 1 aliphatic carbocycles. The minimum absolute atomic E-state index is 0.0944. The summed E-state index contributed by atoms with van der Waals surface area (Å²) >= 11 is 0. The summed E-state index contributed by atoms with van der Waals surface area (Å²) < 4.78 is 0. The van der Waals surface area contributed by atoms with Crippen LogP contribution in [-0.4, -0.2) is 43.0 Å². The van der Waals surface area contributed by atoms with Crippen LogP contribution in [0.3, 0.4) is 0 Å². The monoisotopic (exact) mass is 239 g/mol. The number of piperazine rings is 1. The summed E-state index contributed by atoms with van der Waals surface area (Å²) in [7, 11) is 0. The molecular weight excluding hydrogens is 214 g/mol. The van der Waals surface area contributed by atoms with Gasteiger partial charge in [0.2, 0.25) is 5.91 Å². The van der Waals surface area contributed by atoms with Gasteiger partial charge in [-0.05, 0) is 24.7 Å². The Morgan fingerprint density at radius 2 is 2.06 bits per heavy atom. The summed E-state index contributed by atoms with van der Waals surface area (Å²) in [5, 5.41) is 3.25. The smallest absolute Gasteiger partial charge is 0.236 e. The number of amides is 1. The van der Waals surface area contributed by atoms with Gasteiger partial charge in [-0.1, -0.05) is 19.8 Å². The highest BCUT2D eigenvalue weighted by atomic mass is 16.1. The number of rotatable bonds is 3. The van der Waals surface area contributed by atoms with Gasteiger partial charge in [-0.25, -0.2) is 0 Å². The Bertz CT molecular complexity index is 261. The lowest BCUT2D eigenvalue weighted by Crippen LogP contribution is -2.57. The molecule has 98 valence electrons. The Morgan fingerprint density at radius 3 is 2.71 bits per heavy atom. The summed E-state index contributed by atoms with van der Waals surface area (Å²) in [5.74, 6) is 1.48. The van der Waals surface area contributed by atoms with E-state index in [9.17, 15) is 4.79 Å². The van der Waals surface area contributed by atoms with Crippen molar-refractivity contribution < 1.29 is 4.79 Å². The second kappa shape index (κ2) is 5.83. The average molecular weight is 239 g/mol. The van der Waals surface area contributed by atoms with Crippen LogP contribution < -0.4 is 11.1 Å². The van der Waals surface area contributed by atoms with E-state index in [0.29, 0.717) is 0 Å². The molecule has 2 fully saturated rings. The topological polar surface area (TPSA) is 58.4 Å². The first-order chi connectivity index (χ1) is 8.16. The molecule has 0 spiro atoms. The fraction of sp³-hybridized carbons (Fsp3) is 0.923. The van der Waals surface area contributed by atoms with Crippen LogP contribution in [0.15, 0.2) is 0 Å². The normalized spacial score (nSPS) is 35.7. The third-order valence-electron chi connectivity index (χ3n) is 4.31. The third kappa shape index (κ3) is 3.42. The number of nitrogens with two attached hydrogens (primary N) is 1. The Morgan fingerprint density at radius 1 is 1.35 bits per heavy atom. The largest absolute Gasteiger partial charge is 0.368 e. The van der Waals surface area contributed by atoms with E-state index in [0.717, 1.165) is 38.0 Å². The lowest BCUT2D eigenvalue weighted by molar-refractivity contribution is -0.124. The number of nitrogens with one attached hydrogen (secondary N) is 1. The van der Waals surface area contributed by atoms with Gasteiger partial charge < -0.3 is 11.1 Å². The van der Waals surface area contributed by atoms with Crippen molar-refractivity contribution in [1.82, 2.24) is 10.2 Å². The minimum Gasteiger partial charge on any atom is -0.368 e. The molecule has 0 aromatic rings. The Kier molecular flexibility index (Phi) is 4.40. The second-order valence-electron chi connectivity index (χ2n) is 5.74. The zero-order valence-corrected chi connectivity index (χ0v) is 10.8. The molecule has 1 saturated heterocycles. The average Bonchev–Trinajstić information content (AvgIpc) is 2.32. The molecule has 0 radical (unpaired) electrons. The molecule has 1 heterocycles.